The van der Waals surface area contributed by atoms with Gasteiger partial charge in [-0.25, -0.2) is 13.9 Å². The van der Waals surface area contributed by atoms with E-state index < -0.39 is 0 Å². The molecule has 0 unspecified atom stereocenters. The van der Waals surface area contributed by atoms with Gasteiger partial charge in [0.15, 0.2) is 11.5 Å². The Labute approximate surface area is 173 Å². The number of urea groups is 1. The van der Waals surface area contributed by atoms with Crippen molar-refractivity contribution in [3.05, 3.63) is 71.3 Å². The summed E-state index contributed by atoms with van der Waals surface area (Å²) in [5.41, 5.74) is 3.43. The van der Waals surface area contributed by atoms with Crippen molar-refractivity contribution in [3.8, 4) is 17.2 Å². The van der Waals surface area contributed by atoms with Gasteiger partial charge in [-0.3, -0.25) is 0 Å². The van der Waals surface area contributed by atoms with Crippen molar-refractivity contribution in [2.24, 2.45) is 0 Å². The average molecular weight is 410 g/mol. The monoisotopic (exact) mass is 410 g/mol. The van der Waals surface area contributed by atoms with Crippen molar-refractivity contribution in [2.45, 2.75) is 32.9 Å². The molecule has 0 saturated heterocycles. The third-order valence-electron chi connectivity index (χ3n) is 5.18. The smallest absolute Gasteiger partial charge is 0.315 e. The molecule has 1 aromatic heterocycles. The number of hydrogen-bond donors (Lipinski definition) is 2. The molecule has 3 aromatic rings. The fourth-order valence-electron chi connectivity index (χ4n) is 3.47. The van der Waals surface area contributed by atoms with Gasteiger partial charge in [0.25, 0.3) is 0 Å². The van der Waals surface area contributed by atoms with E-state index in [0.717, 1.165) is 22.5 Å². The van der Waals surface area contributed by atoms with Gasteiger partial charge < -0.3 is 20.1 Å². The minimum absolute atomic E-state index is 0.212. The Bertz CT molecular complexity index is 1060. The molecule has 8 heteroatoms. The fourth-order valence-corrected chi connectivity index (χ4v) is 3.47. The first-order valence-corrected chi connectivity index (χ1v) is 9.69. The number of ether oxygens (including phenoxy) is 2. The van der Waals surface area contributed by atoms with Crippen LogP contribution in [0.25, 0.3) is 5.69 Å². The number of benzene rings is 2. The second kappa shape index (κ2) is 8.06. The molecular formula is C22H23FN4O3. The van der Waals surface area contributed by atoms with Crippen molar-refractivity contribution in [2.75, 3.05) is 6.79 Å². The Hall–Kier alpha value is -3.55. The molecule has 2 aromatic carbocycles. The van der Waals surface area contributed by atoms with E-state index in [0.29, 0.717) is 11.5 Å². The number of halogens is 1. The van der Waals surface area contributed by atoms with Gasteiger partial charge in [-0.1, -0.05) is 6.07 Å². The molecule has 156 valence electrons. The van der Waals surface area contributed by atoms with Gasteiger partial charge in [0, 0.05) is 11.3 Å². The lowest BCUT2D eigenvalue weighted by molar-refractivity contribution is 0.174. The lowest BCUT2D eigenvalue weighted by atomic mass is 10.1. The molecule has 1 aliphatic rings. The van der Waals surface area contributed by atoms with Crippen LogP contribution < -0.4 is 20.1 Å². The van der Waals surface area contributed by atoms with E-state index in [4.69, 9.17) is 9.47 Å². The number of aromatic nitrogens is 2. The summed E-state index contributed by atoms with van der Waals surface area (Å²) >= 11 is 0. The SMILES string of the molecule is Cc1c([C@H](C)NC(=O)N[C@H](C)c2ccc3c(c2)OCO3)cnn1-c1ccc(F)cc1. The lowest BCUT2D eigenvalue weighted by Gasteiger charge is -2.19. The molecule has 1 aliphatic heterocycles. The second-order valence-electron chi connectivity index (χ2n) is 7.25. The lowest BCUT2D eigenvalue weighted by Crippen LogP contribution is -2.38. The molecule has 2 atom stereocenters. The van der Waals surface area contributed by atoms with Crippen molar-refractivity contribution >= 4 is 6.03 Å². The topological polar surface area (TPSA) is 77.4 Å². The van der Waals surface area contributed by atoms with E-state index in [1.165, 1.54) is 12.1 Å². The molecule has 0 bridgehead atoms. The maximum absolute atomic E-state index is 13.2. The van der Waals surface area contributed by atoms with Gasteiger partial charge in [-0.2, -0.15) is 5.10 Å². The van der Waals surface area contributed by atoms with Gasteiger partial charge in [0.05, 0.1) is 24.0 Å². The highest BCUT2D eigenvalue weighted by Crippen LogP contribution is 2.34. The van der Waals surface area contributed by atoms with E-state index in [9.17, 15) is 9.18 Å². The zero-order valence-corrected chi connectivity index (χ0v) is 17.0. The van der Waals surface area contributed by atoms with Crippen molar-refractivity contribution in [1.29, 1.82) is 0 Å². The molecule has 30 heavy (non-hydrogen) atoms. The van der Waals surface area contributed by atoms with E-state index in [-0.39, 0.29) is 30.7 Å². The molecule has 4 rings (SSSR count). The predicted molar refractivity (Wildman–Crippen MR) is 109 cm³/mol. The summed E-state index contributed by atoms with van der Waals surface area (Å²) in [4.78, 5) is 12.5. The number of carbonyl (C=O) groups excluding carboxylic acids is 1. The maximum atomic E-state index is 13.2. The van der Waals surface area contributed by atoms with Gasteiger partial charge in [-0.15, -0.1) is 0 Å². The molecule has 0 aliphatic carbocycles. The number of carbonyl (C=O) groups is 1. The number of nitrogens with zero attached hydrogens (tertiary/aromatic N) is 2. The minimum Gasteiger partial charge on any atom is -0.454 e. The number of amides is 2. The molecular weight excluding hydrogens is 387 g/mol. The van der Waals surface area contributed by atoms with Crippen LogP contribution in [0.1, 0.15) is 42.8 Å². The van der Waals surface area contributed by atoms with Crippen LogP contribution in [-0.4, -0.2) is 22.6 Å². The first-order valence-electron chi connectivity index (χ1n) is 9.69. The van der Waals surface area contributed by atoms with Crippen LogP contribution in [0, 0.1) is 12.7 Å². The van der Waals surface area contributed by atoms with Crippen LogP contribution in [0.15, 0.2) is 48.7 Å². The standard InChI is InChI=1S/C22H23FN4O3/c1-13(16-4-9-20-21(10-16)30-12-29-20)25-22(28)26-14(2)19-11-24-27(15(19)3)18-7-5-17(23)6-8-18/h4-11,13-14H,12H2,1-3H3,(H2,25,26,28)/t13-,14+/m1/s1. The molecule has 2 N–H and O–H groups in total. The molecule has 2 amide bonds. The number of nitrogens with one attached hydrogen (secondary N) is 2. The number of rotatable bonds is 5. The highest BCUT2D eigenvalue weighted by molar-refractivity contribution is 5.75. The zero-order valence-electron chi connectivity index (χ0n) is 17.0. The third-order valence-corrected chi connectivity index (χ3v) is 5.18. The maximum Gasteiger partial charge on any atom is 0.315 e. The summed E-state index contributed by atoms with van der Waals surface area (Å²) in [6, 6.07) is 11.0. The van der Waals surface area contributed by atoms with Gasteiger partial charge in [0.1, 0.15) is 5.82 Å². The van der Waals surface area contributed by atoms with E-state index in [1.54, 1.807) is 23.0 Å². The normalized spacial score (nSPS) is 14.3. The Morgan fingerprint density at radius 2 is 1.77 bits per heavy atom. The molecule has 0 spiro atoms. The summed E-state index contributed by atoms with van der Waals surface area (Å²) in [7, 11) is 0. The Balaban J connectivity index is 1.40. The summed E-state index contributed by atoms with van der Waals surface area (Å²) < 4.78 is 25.6. The van der Waals surface area contributed by atoms with Crippen LogP contribution in [0.2, 0.25) is 0 Å². The average Bonchev–Trinajstić information content (AvgIpc) is 3.34. The van der Waals surface area contributed by atoms with Gasteiger partial charge >= 0.3 is 6.03 Å². The summed E-state index contributed by atoms with van der Waals surface area (Å²) in [5.74, 6) is 1.09. The van der Waals surface area contributed by atoms with Crippen molar-refractivity contribution in [1.82, 2.24) is 20.4 Å². The van der Waals surface area contributed by atoms with Crippen molar-refractivity contribution < 1.29 is 18.7 Å². The largest absolute Gasteiger partial charge is 0.454 e. The minimum atomic E-state index is -0.299. The molecule has 2 heterocycles. The third kappa shape index (κ3) is 3.94. The summed E-state index contributed by atoms with van der Waals surface area (Å²) in [6.07, 6.45) is 1.71. The quantitative estimate of drug-likeness (QED) is 0.662. The van der Waals surface area contributed by atoms with Crippen molar-refractivity contribution in [3.63, 3.8) is 0 Å². The molecule has 0 saturated carbocycles. The molecule has 0 radical (unpaired) electrons. The van der Waals surface area contributed by atoms with Crippen LogP contribution in [0.4, 0.5) is 9.18 Å². The van der Waals surface area contributed by atoms with Gasteiger partial charge in [0.2, 0.25) is 6.79 Å². The highest BCUT2D eigenvalue weighted by atomic mass is 19.1. The molecule has 0 fully saturated rings. The fraction of sp³-hybridized carbons (Fsp3) is 0.273. The van der Waals surface area contributed by atoms with E-state index in [2.05, 4.69) is 15.7 Å². The van der Waals surface area contributed by atoms with Crippen LogP contribution in [-0.2, 0) is 0 Å². The Morgan fingerprint density at radius 1 is 1.07 bits per heavy atom. The van der Waals surface area contributed by atoms with E-state index >= 15 is 0 Å². The highest BCUT2D eigenvalue weighted by Gasteiger charge is 2.19. The summed E-state index contributed by atoms with van der Waals surface area (Å²) in [5, 5.41) is 10.3. The Kier molecular flexibility index (Phi) is 5.31. The van der Waals surface area contributed by atoms with E-state index in [1.807, 2.05) is 39.0 Å². The Morgan fingerprint density at radius 3 is 2.53 bits per heavy atom. The van der Waals surface area contributed by atoms with Crippen LogP contribution >= 0.6 is 0 Å². The van der Waals surface area contributed by atoms with Crippen LogP contribution in [0.5, 0.6) is 11.5 Å². The number of hydrogen-bond acceptors (Lipinski definition) is 4. The predicted octanol–water partition coefficient (Wildman–Crippen LogP) is 4.17. The van der Waals surface area contributed by atoms with Gasteiger partial charge in [-0.05, 0) is 62.7 Å². The number of fused-ring (bicyclic) bond motifs is 1. The van der Waals surface area contributed by atoms with Crippen LogP contribution in [0.3, 0.4) is 0 Å². The summed E-state index contributed by atoms with van der Waals surface area (Å²) in [6.45, 7) is 5.92. The zero-order chi connectivity index (χ0) is 21.3. The molecule has 7 nitrogen and oxygen atoms in total. The second-order valence-corrected chi connectivity index (χ2v) is 7.25. The first-order chi connectivity index (χ1) is 14.4. The first kappa shape index (κ1) is 19.8.